The summed E-state index contributed by atoms with van der Waals surface area (Å²) in [6, 6.07) is 1.98. The van der Waals surface area contributed by atoms with Gasteiger partial charge in [-0.25, -0.2) is 14.8 Å². The minimum absolute atomic E-state index is 0.0542. The number of anilines is 1. The van der Waals surface area contributed by atoms with E-state index in [1.54, 1.807) is 11.2 Å². The van der Waals surface area contributed by atoms with Gasteiger partial charge in [0.25, 0.3) is 0 Å². The van der Waals surface area contributed by atoms with Crippen molar-refractivity contribution in [3.05, 3.63) is 16.5 Å². The van der Waals surface area contributed by atoms with E-state index in [0.29, 0.717) is 23.4 Å². The van der Waals surface area contributed by atoms with Gasteiger partial charge in [-0.15, -0.1) is 0 Å². The molecule has 0 saturated carbocycles. The molecule has 0 aliphatic carbocycles. The van der Waals surface area contributed by atoms with Crippen molar-refractivity contribution in [2.75, 3.05) is 57.9 Å². The Kier molecular flexibility index (Phi) is 9.67. The second-order valence-electron chi connectivity index (χ2n) is 9.55. The average molecular weight is 510 g/mol. The van der Waals surface area contributed by atoms with Crippen LogP contribution in [0.3, 0.4) is 0 Å². The summed E-state index contributed by atoms with van der Waals surface area (Å²) in [5.74, 6) is 0.777. The second kappa shape index (κ2) is 11.8. The molecular weight excluding hydrogens is 474 g/mol. The average Bonchev–Trinajstić information content (AvgIpc) is 2.70. The standard InChI is InChI=1S/C22H36BrN7O2/c1-17(2)16-30(20-18(23)15-25-19(14-24)26-20)29(21(31)32-22(3,4)5)9-7-8-28-12-10-27(6)11-13-28/h15,17H,7-13,16H2,1-6H3. The number of rotatable bonds is 8. The van der Waals surface area contributed by atoms with Crippen molar-refractivity contribution in [1.29, 1.82) is 5.26 Å². The van der Waals surface area contributed by atoms with Crippen molar-refractivity contribution < 1.29 is 9.53 Å². The summed E-state index contributed by atoms with van der Waals surface area (Å²) >= 11 is 3.50. The van der Waals surface area contributed by atoms with Gasteiger partial charge in [-0.2, -0.15) is 10.2 Å². The maximum absolute atomic E-state index is 13.3. The summed E-state index contributed by atoms with van der Waals surface area (Å²) < 4.78 is 6.35. The van der Waals surface area contributed by atoms with Gasteiger partial charge in [0.15, 0.2) is 5.82 Å². The molecule has 1 amide bonds. The van der Waals surface area contributed by atoms with Crippen molar-refractivity contribution in [3.8, 4) is 6.07 Å². The molecule has 9 nitrogen and oxygen atoms in total. The van der Waals surface area contributed by atoms with Crippen LogP contribution in [0.1, 0.15) is 46.9 Å². The third-order valence-corrected chi connectivity index (χ3v) is 5.50. The van der Waals surface area contributed by atoms with E-state index in [1.807, 2.05) is 31.8 Å². The molecule has 0 spiro atoms. The second-order valence-corrected chi connectivity index (χ2v) is 10.4. The number of piperazine rings is 1. The van der Waals surface area contributed by atoms with E-state index in [1.165, 1.54) is 0 Å². The minimum Gasteiger partial charge on any atom is -0.442 e. The quantitative estimate of drug-likeness (QED) is 0.492. The summed E-state index contributed by atoms with van der Waals surface area (Å²) in [5, 5.41) is 12.7. The van der Waals surface area contributed by atoms with Crippen molar-refractivity contribution in [2.45, 2.75) is 46.6 Å². The van der Waals surface area contributed by atoms with Crippen LogP contribution in [0.4, 0.5) is 10.6 Å². The lowest BCUT2D eigenvalue weighted by Gasteiger charge is -2.38. The van der Waals surface area contributed by atoms with E-state index < -0.39 is 11.7 Å². The maximum Gasteiger partial charge on any atom is 0.429 e. The molecule has 1 aromatic rings. The minimum atomic E-state index is -0.628. The Labute approximate surface area is 200 Å². The highest BCUT2D eigenvalue weighted by Crippen LogP contribution is 2.27. The monoisotopic (exact) mass is 509 g/mol. The highest BCUT2D eigenvalue weighted by Gasteiger charge is 2.30. The van der Waals surface area contributed by atoms with Gasteiger partial charge < -0.3 is 14.5 Å². The van der Waals surface area contributed by atoms with Crippen LogP contribution in [-0.2, 0) is 4.74 Å². The number of nitrogens with zero attached hydrogens (tertiary/aromatic N) is 7. The van der Waals surface area contributed by atoms with Crippen LogP contribution < -0.4 is 5.01 Å². The SMILES string of the molecule is CC(C)CN(c1nc(C#N)ncc1Br)N(CCCN1CCN(C)CC1)C(=O)OC(C)(C)C. The largest absolute Gasteiger partial charge is 0.442 e. The zero-order valence-electron chi connectivity index (χ0n) is 20.1. The van der Waals surface area contributed by atoms with Crippen molar-refractivity contribution in [1.82, 2.24) is 24.8 Å². The molecule has 0 atom stereocenters. The van der Waals surface area contributed by atoms with Crippen molar-refractivity contribution in [2.24, 2.45) is 5.92 Å². The van der Waals surface area contributed by atoms with E-state index in [0.717, 1.165) is 39.1 Å². The molecule has 0 unspecified atom stereocenters. The third kappa shape index (κ3) is 8.19. The number of hydrogen-bond acceptors (Lipinski definition) is 8. The first-order valence-corrected chi connectivity index (χ1v) is 11.9. The van der Waals surface area contributed by atoms with Gasteiger partial charge in [-0.05, 0) is 56.1 Å². The molecule has 2 rings (SSSR count). The molecule has 1 fully saturated rings. The van der Waals surface area contributed by atoms with E-state index in [4.69, 9.17) is 4.74 Å². The molecule has 32 heavy (non-hydrogen) atoms. The van der Waals surface area contributed by atoms with Crippen LogP contribution in [0.25, 0.3) is 0 Å². The van der Waals surface area contributed by atoms with Gasteiger partial charge in [-0.1, -0.05) is 13.8 Å². The first-order chi connectivity index (χ1) is 15.0. The number of nitriles is 1. The predicted octanol–water partition coefficient (Wildman–Crippen LogP) is 3.36. The molecule has 1 saturated heterocycles. The van der Waals surface area contributed by atoms with Crippen molar-refractivity contribution >= 4 is 27.8 Å². The molecule has 1 aliphatic heterocycles. The summed E-state index contributed by atoms with van der Waals surface area (Å²) in [6.45, 7) is 15.8. The lowest BCUT2D eigenvalue weighted by Crippen LogP contribution is -2.52. The lowest BCUT2D eigenvalue weighted by atomic mass is 10.2. The number of carbonyl (C=O) groups excluding carboxylic acids is 1. The fourth-order valence-corrected chi connectivity index (χ4v) is 3.77. The number of likely N-dealkylation sites (N-methyl/N-ethyl adjacent to an activating group) is 1. The Morgan fingerprint density at radius 2 is 1.97 bits per heavy atom. The van der Waals surface area contributed by atoms with Gasteiger partial charge in [0.2, 0.25) is 5.82 Å². The Morgan fingerprint density at radius 1 is 1.31 bits per heavy atom. The highest BCUT2D eigenvalue weighted by atomic mass is 79.9. The number of carbonyl (C=O) groups is 1. The van der Waals surface area contributed by atoms with Gasteiger partial charge in [0.1, 0.15) is 11.7 Å². The molecule has 0 bridgehead atoms. The third-order valence-electron chi connectivity index (χ3n) is 4.94. The smallest absolute Gasteiger partial charge is 0.429 e. The van der Waals surface area contributed by atoms with Crippen LogP contribution in [0.2, 0.25) is 0 Å². The Hall–Kier alpha value is -1.96. The van der Waals surface area contributed by atoms with Gasteiger partial charge >= 0.3 is 6.09 Å². The molecule has 1 aliphatic rings. The predicted molar refractivity (Wildman–Crippen MR) is 128 cm³/mol. The maximum atomic E-state index is 13.3. The van der Waals surface area contributed by atoms with Crippen molar-refractivity contribution in [3.63, 3.8) is 0 Å². The zero-order chi connectivity index (χ0) is 23.9. The number of aromatic nitrogens is 2. The summed E-state index contributed by atoms with van der Waals surface area (Å²) in [4.78, 5) is 26.4. The normalized spacial score (nSPS) is 15.5. The molecular formula is C22H36BrN7O2. The summed E-state index contributed by atoms with van der Waals surface area (Å²) in [6.07, 6.45) is 1.91. The lowest BCUT2D eigenvalue weighted by molar-refractivity contribution is 0.0206. The van der Waals surface area contributed by atoms with Crippen LogP contribution in [0.15, 0.2) is 10.7 Å². The molecule has 2 heterocycles. The first kappa shape index (κ1) is 26.3. The van der Waals surface area contributed by atoms with E-state index >= 15 is 0 Å². The summed E-state index contributed by atoms with van der Waals surface area (Å²) in [7, 11) is 2.14. The van der Waals surface area contributed by atoms with Crippen LogP contribution in [0, 0.1) is 17.2 Å². The Morgan fingerprint density at radius 3 is 2.53 bits per heavy atom. The highest BCUT2D eigenvalue weighted by molar-refractivity contribution is 9.10. The number of ether oxygens (including phenoxy) is 1. The van der Waals surface area contributed by atoms with Crippen LogP contribution >= 0.6 is 15.9 Å². The first-order valence-electron chi connectivity index (χ1n) is 11.1. The topological polar surface area (TPSA) is 88.8 Å². The van der Waals surface area contributed by atoms with Gasteiger partial charge in [0.05, 0.1) is 4.47 Å². The molecule has 178 valence electrons. The number of halogens is 1. The van der Waals surface area contributed by atoms with Crippen LogP contribution in [-0.4, -0.2) is 89.3 Å². The molecule has 0 radical (unpaired) electrons. The summed E-state index contributed by atoms with van der Waals surface area (Å²) in [5.41, 5.74) is -0.628. The fourth-order valence-electron chi connectivity index (χ4n) is 3.38. The number of hydrazine groups is 1. The van der Waals surface area contributed by atoms with E-state index in [9.17, 15) is 10.1 Å². The zero-order valence-corrected chi connectivity index (χ0v) is 21.7. The van der Waals surface area contributed by atoms with E-state index in [2.05, 4.69) is 56.6 Å². The van der Waals surface area contributed by atoms with E-state index in [-0.39, 0.29) is 11.7 Å². The number of amides is 1. The van der Waals surface area contributed by atoms with Gasteiger partial charge in [0, 0.05) is 52.0 Å². The molecule has 10 heteroatoms. The molecule has 0 N–H and O–H groups in total. The number of hydrogen-bond donors (Lipinski definition) is 0. The van der Waals surface area contributed by atoms with Crippen LogP contribution in [0.5, 0.6) is 0 Å². The fraction of sp³-hybridized carbons (Fsp3) is 0.727. The Bertz CT molecular complexity index is 798. The molecule has 0 aromatic carbocycles. The molecule has 1 aromatic heterocycles. The van der Waals surface area contributed by atoms with Gasteiger partial charge in [-0.3, -0.25) is 5.01 Å². The Balaban J connectivity index is 2.28.